The molecule has 210 valence electrons. The molecule has 3 aromatic carbocycles. The van der Waals surface area contributed by atoms with E-state index in [4.69, 9.17) is 14.2 Å². The second-order valence-corrected chi connectivity index (χ2v) is 9.78. The van der Waals surface area contributed by atoms with Crippen LogP contribution in [0.4, 0.5) is 22.0 Å². The Bertz CT molecular complexity index is 1240. The molecule has 39 heavy (non-hydrogen) atoms. The van der Waals surface area contributed by atoms with Gasteiger partial charge in [0.1, 0.15) is 11.6 Å². The number of alkyl halides is 2. The average Bonchev–Trinajstić information content (AvgIpc) is 2.92. The number of ether oxygens (including phenoxy) is 3. The van der Waals surface area contributed by atoms with Crippen LogP contribution in [-0.4, -0.2) is 25.4 Å². The molecule has 0 bridgehead atoms. The first-order valence-corrected chi connectivity index (χ1v) is 13.4. The summed E-state index contributed by atoms with van der Waals surface area (Å²) >= 11 is 0. The molecule has 1 saturated heterocycles. The van der Waals surface area contributed by atoms with Crippen LogP contribution >= 0.6 is 0 Å². The maximum atomic E-state index is 14.9. The third-order valence-corrected chi connectivity index (χ3v) is 7.02. The zero-order chi connectivity index (χ0) is 28.0. The van der Waals surface area contributed by atoms with Gasteiger partial charge in [-0.25, -0.2) is 8.78 Å². The molecule has 0 N–H and O–H groups in total. The standard InChI is InChI=1S/C31H33F5O3/c1-3-5-6-7-23-13-12-22(19-38-23)31(35,36)39-24-14-15-25(27(32)18-24)20-8-10-21(11-9-20)26-16-17-28(37-4-2)30(34)29(26)33/h8-11,14-18,22-23H,3-7,12-13,19H2,1-2H3. The van der Waals surface area contributed by atoms with Crippen molar-refractivity contribution in [2.24, 2.45) is 5.92 Å². The Morgan fingerprint density at radius 1 is 0.846 bits per heavy atom. The van der Waals surface area contributed by atoms with Crippen LogP contribution in [0.2, 0.25) is 0 Å². The van der Waals surface area contributed by atoms with Crippen molar-refractivity contribution in [3.05, 3.63) is 72.0 Å². The maximum Gasteiger partial charge on any atom is 0.402 e. The first-order chi connectivity index (χ1) is 18.7. The third-order valence-electron chi connectivity index (χ3n) is 7.02. The van der Waals surface area contributed by atoms with Gasteiger partial charge in [0.05, 0.1) is 25.2 Å². The first-order valence-electron chi connectivity index (χ1n) is 13.4. The molecule has 1 fully saturated rings. The minimum absolute atomic E-state index is 0.00308. The molecule has 4 rings (SSSR count). The van der Waals surface area contributed by atoms with Gasteiger partial charge in [-0.1, -0.05) is 50.5 Å². The van der Waals surface area contributed by atoms with E-state index in [0.29, 0.717) is 17.5 Å². The minimum Gasteiger partial charge on any atom is -0.491 e. The Morgan fingerprint density at radius 3 is 2.15 bits per heavy atom. The van der Waals surface area contributed by atoms with Gasteiger partial charge in [0, 0.05) is 17.2 Å². The maximum absolute atomic E-state index is 14.9. The lowest BCUT2D eigenvalue weighted by molar-refractivity contribution is -0.241. The second kappa shape index (κ2) is 12.8. The molecule has 0 amide bonds. The van der Waals surface area contributed by atoms with Gasteiger partial charge in [-0.15, -0.1) is 0 Å². The topological polar surface area (TPSA) is 27.7 Å². The van der Waals surface area contributed by atoms with E-state index in [1.54, 1.807) is 19.1 Å². The van der Waals surface area contributed by atoms with E-state index >= 15 is 0 Å². The predicted molar refractivity (Wildman–Crippen MR) is 141 cm³/mol. The zero-order valence-electron chi connectivity index (χ0n) is 22.1. The summed E-state index contributed by atoms with van der Waals surface area (Å²) in [6.45, 7) is 3.88. The van der Waals surface area contributed by atoms with E-state index in [1.807, 2.05) is 0 Å². The SMILES string of the molecule is CCCCCC1CCC(C(F)(F)Oc2ccc(-c3ccc(-c4ccc(OCC)c(F)c4F)cc3)c(F)c2)CO1. The molecule has 0 spiro atoms. The Morgan fingerprint density at radius 2 is 1.54 bits per heavy atom. The predicted octanol–water partition coefficient (Wildman–Crippen LogP) is 9.18. The number of halogens is 5. The number of hydrogen-bond donors (Lipinski definition) is 0. The summed E-state index contributed by atoms with van der Waals surface area (Å²) in [5.74, 6) is -4.43. The van der Waals surface area contributed by atoms with E-state index in [2.05, 4.69) is 6.92 Å². The van der Waals surface area contributed by atoms with E-state index in [1.165, 1.54) is 36.4 Å². The molecular formula is C31H33F5O3. The molecule has 0 aliphatic carbocycles. The van der Waals surface area contributed by atoms with Gasteiger partial charge in [0.25, 0.3) is 0 Å². The van der Waals surface area contributed by atoms with Crippen LogP contribution in [0.15, 0.2) is 54.6 Å². The van der Waals surface area contributed by atoms with Gasteiger partial charge in [-0.2, -0.15) is 13.2 Å². The molecule has 2 atom stereocenters. The number of rotatable bonds is 11. The summed E-state index contributed by atoms with van der Waals surface area (Å²) in [5, 5.41) is 0. The van der Waals surface area contributed by atoms with Crippen molar-refractivity contribution in [1.29, 1.82) is 0 Å². The Hall–Kier alpha value is -3.13. The monoisotopic (exact) mass is 548 g/mol. The molecule has 1 aliphatic rings. The van der Waals surface area contributed by atoms with Gasteiger partial charge < -0.3 is 14.2 Å². The zero-order valence-corrected chi connectivity index (χ0v) is 22.1. The van der Waals surface area contributed by atoms with Gasteiger partial charge in [-0.05, 0) is 61.6 Å². The smallest absolute Gasteiger partial charge is 0.402 e. The van der Waals surface area contributed by atoms with Crippen molar-refractivity contribution in [2.45, 2.75) is 64.6 Å². The fourth-order valence-electron chi connectivity index (χ4n) is 4.81. The Balaban J connectivity index is 1.42. The number of unbranched alkanes of at least 4 members (excludes halogenated alkanes) is 2. The average molecular weight is 549 g/mol. The Kier molecular flexibility index (Phi) is 9.49. The summed E-state index contributed by atoms with van der Waals surface area (Å²) in [6.07, 6.45) is 1.39. The van der Waals surface area contributed by atoms with E-state index < -0.39 is 29.5 Å². The van der Waals surface area contributed by atoms with Crippen molar-refractivity contribution in [2.75, 3.05) is 13.2 Å². The van der Waals surface area contributed by atoms with Crippen LogP contribution in [0.3, 0.4) is 0 Å². The largest absolute Gasteiger partial charge is 0.491 e. The molecule has 0 radical (unpaired) electrons. The molecular weight excluding hydrogens is 515 g/mol. The van der Waals surface area contributed by atoms with E-state index in [-0.39, 0.29) is 48.4 Å². The molecule has 1 heterocycles. The fourth-order valence-corrected chi connectivity index (χ4v) is 4.81. The van der Waals surface area contributed by atoms with Crippen molar-refractivity contribution >= 4 is 0 Å². The third kappa shape index (κ3) is 6.90. The normalized spacial score (nSPS) is 17.7. The summed E-state index contributed by atoms with van der Waals surface area (Å²) in [7, 11) is 0. The van der Waals surface area contributed by atoms with Crippen molar-refractivity contribution in [1.82, 2.24) is 0 Å². The molecule has 0 saturated carbocycles. The lowest BCUT2D eigenvalue weighted by Gasteiger charge is -2.33. The summed E-state index contributed by atoms with van der Waals surface area (Å²) in [4.78, 5) is 0. The molecule has 3 nitrogen and oxygen atoms in total. The fraction of sp³-hybridized carbons (Fsp3) is 0.419. The molecule has 3 aromatic rings. The van der Waals surface area contributed by atoms with Crippen molar-refractivity contribution < 1.29 is 36.2 Å². The van der Waals surface area contributed by atoms with Crippen LogP contribution in [0.25, 0.3) is 22.3 Å². The van der Waals surface area contributed by atoms with Crippen LogP contribution in [-0.2, 0) is 4.74 Å². The van der Waals surface area contributed by atoms with Crippen LogP contribution in [0.5, 0.6) is 11.5 Å². The summed E-state index contributed by atoms with van der Waals surface area (Å²) in [5.41, 5.74) is 1.02. The quantitative estimate of drug-likeness (QED) is 0.177. The number of benzene rings is 3. The van der Waals surface area contributed by atoms with Gasteiger partial charge in [-0.3, -0.25) is 0 Å². The molecule has 1 aliphatic heterocycles. The van der Waals surface area contributed by atoms with Gasteiger partial charge in [0.2, 0.25) is 5.82 Å². The van der Waals surface area contributed by atoms with Crippen LogP contribution in [0, 0.1) is 23.4 Å². The van der Waals surface area contributed by atoms with E-state index in [9.17, 15) is 22.0 Å². The molecule has 2 unspecified atom stereocenters. The highest BCUT2D eigenvalue weighted by Crippen LogP contribution is 2.38. The van der Waals surface area contributed by atoms with Crippen LogP contribution in [0.1, 0.15) is 52.4 Å². The lowest BCUT2D eigenvalue weighted by Crippen LogP contribution is -2.41. The van der Waals surface area contributed by atoms with Gasteiger partial charge in [0.15, 0.2) is 11.6 Å². The van der Waals surface area contributed by atoms with Crippen LogP contribution < -0.4 is 9.47 Å². The van der Waals surface area contributed by atoms with Crippen molar-refractivity contribution in [3.63, 3.8) is 0 Å². The van der Waals surface area contributed by atoms with E-state index in [0.717, 1.165) is 31.7 Å². The summed E-state index contributed by atoms with van der Waals surface area (Å²) in [6, 6.07) is 12.5. The highest BCUT2D eigenvalue weighted by molar-refractivity contribution is 5.71. The lowest BCUT2D eigenvalue weighted by atomic mass is 9.95. The first kappa shape index (κ1) is 28.9. The molecule has 8 heteroatoms. The van der Waals surface area contributed by atoms with Crippen molar-refractivity contribution in [3.8, 4) is 33.8 Å². The minimum atomic E-state index is -3.50. The highest BCUT2D eigenvalue weighted by atomic mass is 19.3. The van der Waals surface area contributed by atoms with Gasteiger partial charge >= 0.3 is 6.11 Å². The Labute approximate surface area is 225 Å². The summed E-state index contributed by atoms with van der Waals surface area (Å²) < 4.78 is 89.1. The second-order valence-electron chi connectivity index (χ2n) is 9.78. The highest BCUT2D eigenvalue weighted by Gasteiger charge is 2.44. The molecule has 0 aromatic heterocycles. The number of hydrogen-bond acceptors (Lipinski definition) is 3.